The Balaban J connectivity index is 1.99. The molecule has 0 aliphatic carbocycles. The lowest BCUT2D eigenvalue weighted by molar-refractivity contribution is -0.147. The molecule has 1 aromatic rings. The van der Waals surface area contributed by atoms with Crippen molar-refractivity contribution in [1.82, 2.24) is 4.90 Å². The first-order chi connectivity index (χ1) is 9.51. The zero-order valence-corrected chi connectivity index (χ0v) is 11.6. The van der Waals surface area contributed by atoms with E-state index in [1.54, 1.807) is 0 Å². The van der Waals surface area contributed by atoms with Crippen molar-refractivity contribution in [3.8, 4) is 0 Å². The molecule has 1 aliphatic heterocycles. The number of amides is 1. The first kappa shape index (κ1) is 14.2. The molecule has 1 aromatic carbocycles. The fourth-order valence-corrected chi connectivity index (χ4v) is 2.22. The number of Topliss-reactive ketones (excluding diaryl/α,β-unsaturated/α-hetero) is 1. The summed E-state index contributed by atoms with van der Waals surface area (Å²) in [5, 5.41) is 0. The summed E-state index contributed by atoms with van der Waals surface area (Å²) < 4.78 is 4.57. The fraction of sp³-hybridized carbons (Fsp3) is 0.400. The number of nitrogens with zero attached hydrogens (tertiary/aromatic N) is 1. The highest BCUT2D eigenvalue weighted by Gasteiger charge is 2.38. The van der Waals surface area contributed by atoms with Crippen LogP contribution < -0.4 is 0 Å². The standard InChI is InChI=1S/C15H17NO4/c1-10-3-5-11(6-4-10)7-14(18)16-8-12(13(17)9-16)15(19)20-2/h3-6,12H,7-9H2,1-2H3. The first-order valence-corrected chi connectivity index (χ1v) is 6.45. The van der Waals surface area contributed by atoms with Gasteiger partial charge in [0.25, 0.3) is 0 Å². The molecule has 0 radical (unpaired) electrons. The summed E-state index contributed by atoms with van der Waals surface area (Å²) in [4.78, 5) is 36.6. The number of methoxy groups -OCH3 is 1. The van der Waals surface area contributed by atoms with Crippen LogP contribution in [-0.2, 0) is 25.5 Å². The average Bonchev–Trinajstić information content (AvgIpc) is 2.82. The molecule has 0 spiro atoms. The maximum atomic E-state index is 12.1. The van der Waals surface area contributed by atoms with Gasteiger partial charge >= 0.3 is 5.97 Å². The third-order valence-corrected chi connectivity index (χ3v) is 3.45. The van der Waals surface area contributed by atoms with Gasteiger partial charge in [-0.05, 0) is 12.5 Å². The lowest BCUT2D eigenvalue weighted by atomic mass is 10.1. The lowest BCUT2D eigenvalue weighted by Gasteiger charge is -2.15. The average molecular weight is 275 g/mol. The fourth-order valence-electron chi connectivity index (χ4n) is 2.22. The van der Waals surface area contributed by atoms with E-state index in [0.717, 1.165) is 11.1 Å². The van der Waals surface area contributed by atoms with Crippen molar-refractivity contribution in [2.24, 2.45) is 5.92 Å². The summed E-state index contributed by atoms with van der Waals surface area (Å²) in [6.07, 6.45) is 0.238. The zero-order chi connectivity index (χ0) is 14.7. The van der Waals surface area contributed by atoms with E-state index in [4.69, 9.17) is 0 Å². The number of esters is 1. The number of carbonyl (C=O) groups is 3. The van der Waals surface area contributed by atoms with Gasteiger partial charge in [-0.15, -0.1) is 0 Å². The maximum absolute atomic E-state index is 12.1. The summed E-state index contributed by atoms with van der Waals surface area (Å²) in [5.41, 5.74) is 2.03. The molecule has 0 N–H and O–H groups in total. The van der Waals surface area contributed by atoms with Crippen molar-refractivity contribution in [2.45, 2.75) is 13.3 Å². The SMILES string of the molecule is COC(=O)C1CN(C(=O)Cc2ccc(C)cc2)CC1=O. The minimum Gasteiger partial charge on any atom is -0.468 e. The Morgan fingerprint density at radius 3 is 2.55 bits per heavy atom. The second kappa shape index (κ2) is 5.86. The van der Waals surface area contributed by atoms with E-state index in [0.29, 0.717) is 0 Å². The summed E-state index contributed by atoms with van der Waals surface area (Å²) in [5.74, 6) is -1.80. The smallest absolute Gasteiger partial charge is 0.318 e. The normalized spacial score (nSPS) is 18.2. The Morgan fingerprint density at radius 2 is 1.95 bits per heavy atom. The van der Waals surface area contributed by atoms with Crippen LogP contribution in [0.3, 0.4) is 0 Å². The monoisotopic (exact) mass is 275 g/mol. The molecule has 1 unspecified atom stereocenters. The minimum absolute atomic E-state index is 0.00946. The van der Waals surface area contributed by atoms with Crippen LogP contribution in [0.5, 0.6) is 0 Å². The quantitative estimate of drug-likeness (QED) is 0.603. The van der Waals surface area contributed by atoms with E-state index in [1.165, 1.54) is 12.0 Å². The molecular formula is C15H17NO4. The van der Waals surface area contributed by atoms with E-state index >= 15 is 0 Å². The largest absolute Gasteiger partial charge is 0.468 e. The van der Waals surface area contributed by atoms with Crippen LogP contribution >= 0.6 is 0 Å². The van der Waals surface area contributed by atoms with E-state index in [1.807, 2.05) is 31.2 Å². The van der Waals surface area contributed by atoms with Crippen molar-refractivity contribution >= 4 is 17.7 Å². The van der Waals surface area contributed by atoms with Gasteiger partial charge < -0.3 is 9.64 Å². The second-order valence-corrected chi connectivity index (χ2v) is 4.98. The Bertz CT molecular complexity index is 535. The molecule has 20 heavy (non-hydrogen) atoms. The van der Waals surface area contributed by atoms with Crippen LogP contribution in [-0.4, -0.2) is 42.8 Å². The highest BCUT2D eigenvalue weighted by molar-refractivity contribution is 6.04. The van der Waals surface area contributed by atoms with Crippen molar-refractivity contribution in [1.29, 1.82) is 0 Å². The number of likely N-dealkylation sites (tertiary alicyclic amines) is 1. The number of ketones is 1. The Hall–Kier alpha value is -2.17. The van der Waals surface area contributed by atoms with Gasteiger partial charge in [-0.1, -0.05) is 29.8 Å². The predicted octanol–water partition coefficient (Wildman–Crippen LogP) is 0.738. The molecule has 5 nitrogen and oxygen atoms in total. The highest BCUT2D eigenvalue weighted by atomic mass is 16.5. The van der Waals surface area contributed by atoms with E-state index in [-0.39, 0.29) is 31.2 Å². The van der Waals surface area contributed by atoms with Crippen molar-refractivity contribution in [3.05, 3.63) is 35.4 Å². The number of ether oxygens (including phenoxy) is 1. The molecular weight excluding hydrogens is 258 g/mol. The molecule has 5 heteroatoms. The molecule has 1 saturated heterocycles. The molecule has 1 amide bonds. The molecule has 2 rings (SSSR count). The number of rotatable bonds is 3. The molecule has 1 fully saturated rings. The predicted molar refractivity (Wildman–Crippen MR) is 72.0 cm³/mol. The third-order valence-electron chi connectivity index (χ3n) is 3.45. The second-order valence-electron chi connectivity index (χ2n) is 4.98. The lowest BCUT2D eigenvalue weighted by Crippen LogP contribution is -2.31. The maximum Gasteiger partial charge on any atom is 0.318 e. The van der Waals surface area contributed by atoms with Crippen molar-refractivity contribution in [3.63, 3.8) is 0 Å². The Morgan fingerprint density at radius 1 is 1.30 bits per heavy atom. The highest BCUT2D eigenvalue weighted by Crippen LogP contribution is 2.16. The van der Waals surface area contributed by atoms with Gasteiger partial charge in [0, 0.05) is 6.54 Å². The van der Waals surface area contributed by atoms with Gasteiger partial charge in [0.1, 0.15) is 5.92 Å². The number of hydrogen-bond donors (Lipinski definition) is 0. The zero-order valence-electron chi connectivity index (χ0n) is 11.6. The minimum atomic E-state index is -0.832. The molecule has 106 valence electrons. The van der Waals surface area contributed by atoms with Gasteiger partial charge in [-0.3, -0.25) is 14.4 Å². The Kier molecular flexibility index (Phi) is 4.17. The number of benzene rings is 1. The molecule has 0 aromatic heterocycles. The topological polar surface area (TPSA) is 63.7 Å². The summed E-state index contributed by atoms with van der Waals surface area (Å²) in [7, 11) is 1.24. The van der Waals surface area contributed by atoms with Crippen LogP contribution in [0.2, 0.25) is 0 Å². The number of carbonyl (C=O) groups excluding carboxylic acids is 3. The third kappa shape index (κ3) is 3.04. The molecule has 1 atom stereocenters. The van der Waals surface area contributed by atoms with E-state index in [9.17, 15) is 14.4 Å². The first-order valence-electron chi connectivity index (χ1n) is 6.45. The van der Waals surface area contributed by atoms with Gasteiger partial charge in [0.15, 0.2) is 5.78 Å². The van der Waals surface area contributed by atoms with Crippen LogP contribution in [0.1, 0.15) is 11.1 Å². The summed E-state index contributed by atoms with van der Waals surface area (Å²) in [6, 6.07) is 7.66. The van der Waals surface area contributed by atoms with Crippen molar-refractivity contribution in [2.75, 3.05) is 20.2 Å². The summed E-state index contributed by atoms with van der Waals surface area (Å²) >= 11 is 0. The van der Waals surface area contributed by atoms with Crippen LogP contribution in [0.15, 0.2) is 24.3 Å². The van der Waals surface area contributed by atoms with E-state index in [2.05, 4.69) is 4.74 Å². The van der Waals surface area contributed by atoms with Crippen LogP contribution in [0.4, 0.5) is 0 Å². The van der Waals surface area contributed by atoms with Crippen molar-refractivity contribution < 1.29 is 19.1 Å². The van der Waals surface area contributed by atoms with Crippen LogP contribution in [0, 0.1) is 12.8 Å². The van der Waals surface area contributed by atoms with Gasteiger partial charge in [-0.25, -0.2) is 0 Å². The van der Waals surface area contributed by atoms with Gasteiger partial charge in [-0.2, -0.15) is 0 Å². The molecule has 0 bridgehead atoms. The summed E-state index contributed by atoms with van der Waals surface area (Å²) in [6.45, 7) is 2.09. The van der Waals surface area contributed by atoms with Gasteiger partial charge in [0.05, 0.1) is 20.1 Å². The molecule has 0 saturated carbocycles. The Labute approximate surface area is 117 Å². The molecule has 1 heterocycles. The van der Waals surface area contributed by atoms with Gasteiger partial charge in [0.2, 0.25) is 5.91 Å². The van der Waals surface area contributed by atoms with Crippen LogP contribution in [0.25, 0.3) is 0 Å². The molecule has 1 aliphatic rings. The van der Waals surface area contributed by atoms with E-state index < -0.39 is 11.9 Å². The number of hydrogen-bond acceptors (Lipinski definition) is 4. The number of aryl methyl sites for hydroxylation is 1.